The van der Waals surface area contributed by atoms with Crippen LogP contribution in [-0.2, 0) is 12.8 Å². The maximum Gasteiger partial charge on any atom is 0.231 e. The molecule has 5 nitrogen and oxygen atoms in total. The van der Waals surface area contributed by atoms with Crippen LogP contribution in [0.5, 0.6) is 23.0 Å². The number of fused-ring (bicyclic) bond motifs is 3. The van der Waals surface area contributed by atoms with E-state index in [4.69, 9.17) is 18.9 Å². The molecule has 0 radical (unpaired) electrons. The number of likely N-dealkylation sites (N-methyl/N-ethyl adjacent to an activating group) is 1. The Morgan fingerprint density at radius 2 is 1.77 bits per heavy atom. The van der Waals surface area contributed by atoms with Crippen molar-refractivity contribution in [3.63, 3.8) is 0 Å². The molecule has 2 aromatic carbocycles. The lowest BCUT2D eigenvalue weighted by atomic mass is 9.93. The summed E-state index contributed by atoms with van der Waals surface area (Å²) < 4.78 is 23.2. The van der Waals surface area contributed by atoms with E-state index in [-0.39, 0.29) is 6.79 Å². The van der Waals surface area contributed by atoms with Crippen molar-refractivity contribution in [1.82, 2.24) is 4.90 Å². The first kappa shape index (κ1) is 15.9. The molecule has 26 heavy (non-hydrogen) atoms. The summed E-state index contributed by atoms with van der Waals surface area (Å²) in [4.78, 5) is 2.24. The van der Waals surface area contributed by atoms with Gasteiger partial charge in [-0.2, -0.15) is 0 Å². The minimum absolute atomic E-state index is 0.273. The minimum Gasteiger partial charge on any atom is -0.454 e. The highest BCUT2D eigenvalue weighted by Crippen LogP contribution is 2.43. The van der Waals surface area contributed by atoms with Crippen molar-refractivity contribution in [3.05, 3.63) is 51.6 Å². The van der Waals surface area contributed by atoms with Gasteiger partial charge < -0.3 is 23.8 Å². The third kappa shape index (κ3) is 2.60. The van der Waals surface area contributed by atoms with Gasteiger partial charge in [0.05, 0.1) is 4.47 Å². The molecule has 0 fully saturated rings. The van der Waals surface area contributed by atoms with Gasteiger partial charge in [0.15, 0.2) is 23.0 Å². The Morgan fingerprint density at radius 3 is 2.65 bits per heavy atom. The zero-order chi connectivity index (χ0) is 17.7. The molecule has 0 saturated heterocycles. The third-order valence-electron chi connectivity index (χ3n) is 4.99. The van der Waals surface area contributed by atoms with Crippen molar-refractivity contribution in [2.24, 2.45) is 0 Å². The van der Waals surface area contributed by atoms with Crippen LogP contribution in [0.3, 0.4) is 0 Å². The predicted molar refractivity (Wildman–Crippen MR) is 101 cm³/mol. The second-order valence-corrected chi connectivity index (χ2v) is 7.49. The number of allylic oxidation sites excluding steroid dienone is 1. The van der Waals surface area contributed by atoms with Crippen LogP contribution in [0.1, 0.15) is 16.7 Å². The number of hydrogen-bond donors (Lipinski definition) is 0. The van der Waals surface area contributed by atoms with Crippen LogP contribution in [-0.4, -0.2) is 32.1 Å². The highest BCUT2D eigenvalue weighted by atomic mass is 79.9. The molecule has 0 atom stereocenters. The molecule has 0 saturated carbocycles. The van der Waals surface area contributed by atoms with Gasteiger partial charge in [0.2, 0.25) is 13.6 Å². The summed E-state index contributed by atoms with van der Waals surface area (Å²) in [5.74, 6) is 3.24. The Bertz CT molecular complexity index is 925. The minimum atomic E-state index is 0.273. The average Bonchev–Trinajstić information content (AvgIpc) is 3.26. The van der Waals surface area contributed by atoms with E-state index in [1.165, 1.54) is 22.3 Å². The van der Waals surface area contributed by atoms with E-state index in [1.807, 2.05) is 6.07 Å². The largest absolute Gasteiger partial charge is 0.454 e. The fourth-order valence-corrected chi connectivity index (χ4v) is 4.23. The Hall–Kier alpha value is -2.34. The number of ether oxygens (including phenoxy) is 4. The van der Waals surface area contributed by atoms with Crippen LogP contribution in [0.4, 0.5) is 0 Å². The Labute approximate surface area is 160 Å². The molecular formula is C20H18BrNO4. The zero-order valence-corrected chi connectivity index (χ0v) is 16.0. The van der Waals surface area contributed by atoms with Gasteiger partial charge in [-0.15, -0.1) is 0 Å². The van der Waals surface area contributed by atoms with E-state index < -0.39 is 0 Å². The second-order valence-electron chi connectivity index (χ2n) is 6.70. The molecule has 0 bridgehead atoms. The lowest BCUT2D eigenvalue weighted by Crippen LogP contribution is -2.13. The summed E-state index contributed by atoms with van der Waals surface area (Å²) in [5, 5.41) is 0. The quantitative estimate of drug-likeness (QED) is 0.741. The van der Waals surface area contributed by atoms with Crippen LogP contribution in [0.15, 0.2) is 34.9 Å². The van der Waals surface area contributed by atoms with Gasteiger partial charge in [0.1, 0.15) is 0 Å². The summed E-state index contributed by atoms with van der Waals surface area (Å²) in [6.07, 6.45) is 3.99. The van der Waals surface area contributed by atoms with Crippen molar-refractivity contribution in [2.45, 2.75) is 12.8 Å². The van der Waals surface area contributed by atoms with Crippen LogP contribution in [0, 0.1) is 0 Å². The van der Waals surface area contributed by atoms with Crippen LogP contribution >= 0.6 is 15.9 Å². The molecule has 0 amide bonds. The standard InChI is InChI=1S/C20H18BrNO4/c1-22-5-4-12-7-17-18(25-10-24-17)8-15(12)14(9-22)6-13-2-3-16-20(19(13)21)26-11-23-16/h2-3,7-9H,4-6,10-11H2,1H3. The third-order valence-corrected chi connectivity index (χ3v) is 5.86. The molecule has 0 aromatic heterocycles. The van der Waals surface area contributed by atoms with Crippen LogP contribution in [0.2, 0.25) is 0 Å². The van der Waals surface area contributed by atoms with Gasteiger partial charge in [0, 0.05) is 26.2 Å². The van der Waals surface area contributed by atoms with Gasteiger partial charge in [0.25, 0.3) is 0 Å². The summed E-state index contributed by atoms with van der Waals surface area (Å²) >= 11 is 3.69. The monoisotopic (exact) mass is 415 g/mol. The second kappa shape index (κ2) is 6.13. The average molecular weight is 416 g/mol. The van der Waals surface area contributed by atoms with Crippen molar-refractivity contribution in [1.29, 1.82) is 0 Å². The van der Waals surface area contributed by atoms with Gasteiger partial charge in [-0.1, -0.05) is 6.07 Å². The van der Waals surface area contributed by atoms with Crippen molar-refractivity contribution in [2.75, 3.05) is 27.2 Å². The molecule has 3 heterocycles. The molecule has 6 heteroatoms. The normalized spacial score (nSPS) is 17.0. The summed E-state index contributed by atoms with van der Waals surface area (Å²) in [6.45, 7) is 1.54. The van der Waals surface area contributed by atoms with E-state index in [2.05, 4.69) is 52.3 Å². The smallest absolute Gasteiger partial charge is 0.231 e. The molecule has 2 aromatic rings. The molecule has 0 spiro atoms. The predicted octanol–water partition coefficient (Wildman–Crippen LogP) is 3.98. The highest BCUT2D eigenvalue weighted by molar-refractivity contribution is 9.10. The molecule has 3 aliphatic rings. The first-order chi connectivity index (χ1) is 12.7. The Morgan fingerprint density at radius 1 is 1.00 bits per heavy atom. The topological polar surface area (TPSA) is 40.2 Å². The van der Waals surface area contributed by atoms with Crippen molar-refractivity contribution in [3.8, 4) is 23.0 Å². The fraction of sp³-hybridized carbons (Fsp3) is 0.300. The lowest BCUT2D eigenvalue weighted by molar-refractivity contribution is 0.173. The summed E-state index contributed by atoms with van der Waals surface area (Å²) in [7, 11) is 2.11. The van der Waals surface area contributed by atoms with E-state index in [1.54, 1.807) is 0 Å². The Balaban J connectivity index is 1.56. The van der Waals surface area contributed by atoms with Gasteiger partial charge in [-0.25, -0.2) is 0 Å². The number of halogens is 1. The molecule has 0 unspecified atom stereocenters. The molecular weight excluding hydrogens is 398 g/mol. The SMILES string of the molecule is CN1C=C(Cc2ccc3c(c2Br)OCO3)c2cc3c(cc2CC1)OCO3. The van der Waals surface area contributed by atoms with Crippen molar-refractivity contribution >= 4 is 21.5 Å². The van der Waals surface area contributed by atoms with Gasteiger partial charge in [-0.3, -0.25) is 0 Å². The van der Waals surface area contributed by atoms with Gasteiger partial charge in [-0.05, 0) is 62.8 Å². The lowest BCUT2D eigenvalue weighted by Gasteiger charge is -2.15. The zero-order valence-electron chi connectivity index (χ0n) is 14.4. The van der Waals surface area contributed by atoms with E-state index >= 15 is 0 Å². The van der Waals surface area contributed by atoms with Gasteiger partial charge >= 0.3 is 0 Å². The molecule has 0 N–H and O–H groups in total. The Kier molecular flexibility index (Phi) is 3.74. The number of nitrogens with zero attached hydrogens (tertiary/aromatic N) is 1. The fourth-order valence-electron chi connectivity index (χ4n) is 3.65. The van der Waals surface area contributed by atoms with Crippen molar-refractivity contribution < 1.29 is 18.9 Å². The molecule has 5 rings (SSSR count). The van der Waals surface area contributed by atoms with E-state index in [0.717, 1.165) is 46.9 Å². The molecule has 134 valence electrons. The first-order valence-electron chi connectivity index (χ1n) is 8.60. The van der Waals surface area contributed by atoms with Crippen LogP contribution in [0.25, 0.3) is 5.57 Å². The highest BCUT2D eigenvalue weighted by Gasteiger charge is 2.24. The number of rotatable bonds is 2. The first-order valence-corrected chi connectivity index (χ1v) is 9.39. The maximum absolute atomic E-state index is 5.61. The summed E-state index contributed by atoms with van der Waals surface area (Å²) in [6, 6.07) is 8.31. The molecule has 0 aliphatic carbocycles. The number of benzene rings is 2. The van der Waals surface area contributed by atoms with E-state index in [0.29, 0.717) is 6.79 Å². The van der Waals surface area contributed by atoms with Crippen LogP contribution < -0.4 is 18.9 Å². The molecule has 3 aliphatic heterocycles. The summed E-state index contributed by atoms with van der Waals surface area (Å²) in [5.41, 5.74) is 4.93. The van der Waals surface area contributed by atoms with E-state index in [9.17, 15) is 0 Å². The maximum atomic E-state index is 5.61. The number of hydrogen-bond acceptors (Lipinski definition) is 5.